The summed E-state index contributed by atoms with van der Waals surface area (Å²) in [4.78, 5) is 31.5. The Morgan fingerprint density at radius 1 is 1.43 bits per heavy atom. The second-order valence-corrected chi connectivity index (χ2v) is 5.81. The van der Waals surface area contributed by atoms with E-state index < -0.39 is 0 Å². The summed E-state index contributed by atoms with van der Waals surface area (Å²) in [6.45, 7) is 4.40. The second kappa shape index (κ2) is 6.71. The zero-order valence-electron chi connectivity index (χ0n) is 12.9. The highest BCUT2D eigenvalue weighted by atomic mass is 16.2. The summed E-state index contributed by atoms with van der Waals surface area (Å²) >= 11 is 0. The van der Waals surface area contributed by atoms with Gasteiger partial charge in [0.15, 0.2) is 0 Å². The van der Waals surface area contributed by atoms with Gasteiger partial charge in [-0.1, -0.05) is 0 Å². The quantitative estimate of drug-likeness (QED) is 0.815. The molecule has 1 aliphatic rings. The van der Waals surface area contributed by atoms with Crippen molar-refractivity contribution >= 4 is 11.8 Å². The highest BCUT2D eigenvalue weighted by Gasteiger charge is 2.25. The smallest absolute Gasteiger partial charge is 0.242 e. The summed E-state index contributed by atoms with van der Waals surface area (Å²) < 4.78 is 2.11. The molecule has 0 spiro atoms. The van der Waals surface area contributed by atoms with E-state index in [1.807, 2.05) is 20.3 Å². The highest BCUT2D eigenvalue weighted by molar-refractivity contribution is 5.83. The van der Waals surface area contributed by atoms with E-state index in [1.54, 1.807) is 11.1 Å². The van der Waals surface area contributed by atoms with Crippen LogP contribution >= 0.6 is 0 Å². The third-order valence-electron chi connectivity index (χ3n) is 3.53. The van der Waals surface area contributed by atoms with Gasteiger partial charge in [-0.25, -0.2) is 4.98 Å². The molecule has 1 N–H and O–H groups in total. The number of fused-ring (bicyclic) bond motifs is 1. The SMILES string of the molecule is CC(=O)NCC(=O)N1Cc2nccn2CC(CN(C)C)C1. The van der Waals surface area contributed by atoms with Crippen LogP contribution in [-0.4, -0.2) is 64.9 Å². The number of carbonyl (C=O) groups is 2. The zero-order valence-corrected chi connectivity index (χ0v) is 12.9. The number of carbonyl (C=O) groups excluding carboxylic acids is 2. The average Bonchev–Trinajstić information content (AvgIpc) is 2.74. The lowest BCUT2D eigenvalue weighted by Gasteiger charge is -2.26. The van der Waals surface area contributed by atoms with Gasteiger partial charge in [0.25, 0.3) is 0 Å². The van der Waals surface area contributed by atoms with E-state index in [4.69, 9.17) is 0 Å². The topological polar surface area (TPSA) is 70.5 Å². The molecule has 7 heteroatoms. The first-order valence-electron chi connectivity index (χ1n) is 7.12. The van der Waals surface area contributed by atoms with Crippen molar-refractivity contribution in [2.75, 3.05) is 33.7 Å². The summed E-state index contributed by atoms with van der Waals surface area (Å²) in [6.07, 6.45) is 3.73. The Bertz CT molecular complexity index is 511. The monoisotopic (exact) mass is 293 g/mol. The van der Waals surface area contributed by atoms with Crippen molar-refractivity contribution in [2.45, 2.75) is 20.0 Å². The molecule has 7 nitrogen and oxygen atoms in total. The van der Waals surface area contributed by atoms with E-state index in [9.17, 15) is 9.59 Å². The molecular formula is C14H23N5O2. The summed E-state index contributed by atoms with van der Waals surface area (Å²) in [5.74, 6) is 0.985. The van der Waals surface area contributed by atoms with E-state index >= 15 is 0 Å². The molecule has 0 fully saturated rings. The molecule has 1 aromatic rings. The molecule has 0 radical (unpaired) electrons. The fraction of sp³-hybridized carbons (Fsp3) is 0.643. The number of hydrogen-bond acceptors (Lipinski definition) is 4. The van der Waals surface area contributed by atoms with Crippen LogP contribution in [0, 0.1) is 5.92 Å². The van der Waals surface area contributed by atoms with Crippen molar-refractivity contribution in [3.63, 3.8) is 0 Å². The van der Waals surface area contributed by atoms with Crippen LogP contribution in [0.5, 0.6) is 0 Å². The molecule has 0 bridgehead atoms. The number of amides is 2. The van der Waals surface area contributed by atoms with Crippen LogP contribution in [0.15, 0.2) is 12.4 Å². The van der Waals surface area contributed by atoms with Gasteiger partial charge >= 0.3 is 0 Å². The summed E-state index contributed by atoms with van der Waals surface area (Å²) in [6, 6.07) is 0. The number of aromatic nitrogens is 2. The lowest BCUT2D eigenvalue weighted by atomic mass is 10.1. The summed E-state index contributed by atoms with van der Waals surface area (Å²) in [5, 5.41) is 2.57. The normalized spacial score (nSPS) is 18.3. The number of imidazole rings is 1. The Hall–Kier alpha value is -1.89. The maximum atomic E-state index is 12.3. The molecule has 21 heavy (non-hydrogen) atoms. The largest absolute Gasteiger partial charge is 0.347 e. The Balaban J connectivity index is 2.09. The summed E-state index contributed by atoms with van der Waals surface area (Å²) in [5.41, 5.74) is 0. The van der Waals surface area contributed by atoms with Crippen molar-refractivity contribution in [2.24, 2.45) is 5.92 Å². The first-order valence-corrected chi connectivity index (χ1v) is 7.12. The molecule has 2 amide bonds. The maximum Gasteiger partial charge on any atom is 0.242 e. The van der Waals surface area contributed by atoms with E-state index in [2.05, 4.69) is 19.8 Å². The Labute approximate surface area is 124 Å². The molecule has 2 rings (SSSR count). The number of nitrogens with one attached hydrogen (secondary N) is 1. The first-order chi connectivity index (χ1) is 9.95. The maximum absolute atomic E-state index is 12.3. The number of hydrogen-bond donors (Lipinski definition) is 1. The van der Waals surface area contributed by atoms with Crippen molar-refractivity contribution in [1.29, 1.82) is 0 Å². The fourth-order valence-electron chi connectivity index (χ4n) is 2.67. The van der Waals surface area contributed by atoms with Crippen LogP contribution in [0.2, 0.25) is 0 Å². The van der Waals surface area contributed by atoms with Crippen molar-refractivity contribution in [1.82, 2.24) is 24.7 Å². The van der Waals surface area contributed by atoms with Crippen LogP contribution in [0.1, 0.15) is 12.7 Å². The third kappa shape index (κ3) is 4.29. The molecule has 0 aromatic carbocycles. The number of nitrogens with zero attached hydrogens (tertiary/aromatic N) is 4. The van der Waals surface area contributed by atoms with E-state index in [-0.39, 0.29) is 18.4 Å². The Kier molecular flexibility index (Phi) is 4.95. The molecule has 116 valence electrons. The molecule has 1 aromatic heterocycles. The van der Waals surface area contributed by atoms with Gasteiger partial charge in [0.1, 0.15) is 5.82 Å². The van der Waals surface area contributed by atoms with Gasteiger partial charge in [-0.05, 0) is 14.1 Å². The van der Waals surface area contributed by atoms with Crippen molar-refractivity contribution in [3.05, 3.63) is 18.2 Å². The average molecular weight is 293 g/mol. The van der Waals surface area contributed by atoms with Gasteiger partial charge in [0, 0.05) is 44.9 Å². The fourth-order valence-corrected chi connectivity index (χ4v) is 2.67. The van der Waals surface area contributed by atoms with Crippen LogP contribution < -0.4 is 5.32 Å². The number of rotatable bonds is 4. The minimum absolute atomic E-state index is 0.0464. The van der Waals surface area contributed by atoms with Gasteiger partial charge in [0.05, 0.1) is 13.1 Å². The van der Waals surface area contributed by atoms with Gasteiger partial charge < -0.3 is 19.7 Å². The Morgan fingerprint density at radius 2 is 2.19 bits per heavy atom. The highest BCUT2D eigenvalue weighted by Crippen LogP contribution is 2.16. The van der Waals surface area contributed by atoms with E-state index in [1.165, 1.54) is 6.92 Å². The first kappa shape index (κ1) is 15.5. The lowest BCUT2D eigenvalue weighted by molar-refractivity contribution is -0.133. The van der Waals surface area contributed by atoms with Crippen LogP contribution in [-0.2, 0) is 22.7 Å². The van der Waals surface area contributed by atoms with Gasteiger partial charge in [-0.2, -0.15) is 0 Å². The van der Waals surface area contributed by atoms with Crippen LogP contribution in [0.4, 0.5) is 0 Å². The van der Waals surface area contributed by atoms with Gasteiger partial charge in [-0.3, -0.25) is 9.59 Å². The van der Waals surface area contributed by atoms with E-state index in [0.29, 0.717) is 19.0 Å². The molecule has 2 heterocycles. The predicted molar refractivity (Wildman–Crippen MR) is 78.4 cm³/mol. The molecule has 0 aliphatic carbocycles. The summed E-state index contributed by atoms with van der Waals surface area (Å²) in [7, 11) is 4.06. The van der Waals surface area contributed by atoms with Crippen LogP contribution in [0.3, 0.4) is 0 Å². The minimum Gasteiger partial charge on any atom is -0.347 e. The second-order valence-electron chi connectivity index (χ2n) is 5.81. The molecule has 0 saturated heterocycles. The Morgan fingerprint density at radius 3 is 2.86 bits per heavy atom. The van der Waals surface area contributed by atoms with Crippen molar-refractivity contribution in [3.8, 4) is 0 Å². The van der Waals surface area contributed by atoms with Crippen LogP contribution in [0.25, 0.3) is 0 Å². The standard InChI is InChI=1S/C14H23N5O2/c1-11(20)16-6-14(21)19-9-12(7-17(2)3)8-18-5-4-15-13(18)10-19/h4-5,12H,6-10H2,1-3H3,(H,16,20). The molecule has 1 unspecified atom stereocenters. The van der Waals surface area contributed by atoms with Gasteiger partial charge in [-0.15, -0.1) is 0 Å². The lowest BCUT2D eigenvalue weighted by Crippen LogP contribution is -2.42. The predicted octanol–water partition coefficient (Wildman–Crippen LogP) is -0.461. The zero-order chi connectivity index (χ0) is 15.4. The van der Waals surface area contributed by atoms with Crippen molar-refractivity contribution < 1.29 is 9.59 Å². The van der Waals surface area contributed by atoms with Gasteiger partial charge in [0.2, 0.25) is 11.8 Å². The molecule has 0 saturated carbocycles. The third-order valence-corrected chi connectivity index (χ3v) is 3.53. The molecular weight excluding hydrogens is 270 g/mol. The molecule has 1 atom stereocenters. The van der Waals surface area contributed by atoms with E-state index in [0.717, 1.165) is 18.9 Å². The molecule has 1 aliphatic heterocycles. The minimum atomic E-state index is -0.190.